The smallest absolute Gasteiger partial charge is 0.266 e. The summed E-state index contributed by atoms with van der Waals surface area (Å²) in [4.78, 5) is 18.5. The standard InChI is InChI=1S/C15H19N5O2/c21-15-6-5-13(11-3-4-11)17-20(15)8-12-2-1-7-19(12)9-14-16-10-22-18-14/h5-6,10-12H,1-4,7-9H2. The fourth-order valence-corrected chi connectivity index (χ4v) is 3.15. The topological polar surface area (TPSA) is 77.0 Å². The van der Waals surface area contributed by atoms with E-state index in [-0.39, 0.29) is 5.56 Å². The number of aromatic nitrogens is 4. The van der Waals surface area contributed by atoms with E-state index in [1.807, 2.05) is 6.07 Å². The molecule has 2 aromatic heterocycles. The van der Waals surface area contributed by atoms with Crippen molar-refractivity contribution < 1.29 is 4.52 Å². The Kier molecular flexibility index (Phi) is 3.49. The fourth-order valence-electron chi connectivity index (χ4n) is 3.15. The molecule has 1 aliphatic carbocycles. The zero-order valence-electron chi connectivity index (χ0n) is 12.4. The van der Waals surface area contributed by atoms with Crippen molar-refractivity contribution in [3.63, 3.8) is 0 Å². The maximum atomic E-state index is 12.1. The Labute approximate surface area is 127 Å². The summed E-state index contributed by atoms with van der Waals surface area (Å²) in [5, 5.41) is 8.43. The minimum Gasteiger partial charge on any atom is -0.343 e. The lowest BCUT2D eigenvalue weighted by atomic mass is 10.2. The summed E-state index contributed by atoms with van der Waals surface area (Å²) in [6.07, 6.45) is 5.93. The van der Waals surface area contributed by atoms with E-state index >= 15 is 0 Å². The van der Waals surface area contributed by atoms with Crippen molar-refractivity contribution in [2.75, 3.05) is 6.54 Å². The van der Waals surface area contributed by atoms with Gasteiger partial charge >= 0.3 is 0 Å². The van der Waals surface area contributed by atoms with Crippen molar-refractivity contribution in [1.29, 1.82) is 0 Å². The van der Waals surface area contributed by atoms with Gasteiger partial charge in [-0.05, 0) is 38.3 Å². The second-order valence-corrected chi connectivity index (χ2v) is 6.17. The molecule has 22 heavy (non-hydrogen) atoms. The number of nitrogens with zero attached hydrogens (tertiary/aromatic N) is 5. The van der Waals surface area contributed by atoms with Gasteiger partial charge in [-0.3, -0.25) is 9.69 Å². The van der Waals surface area contributed by atoms with Gasteiger partial charge in [0.2, 0.25) is 6.39 Å². The van der Waals surface area contributed by atoms with Crippen LogP contribution in [0, 0.1) is 0 Å². The van der Waals surface area contributed by atoms with E-state index in [2.05, 4.69) is 20.1 Å². The van der Waals surface area contributed by atoms with Crippen LogP contribution in [0.1, 0.15) is 43.1 Å². The second kappa shape index (κ2) is 5.64. The van der Waals surface area contributed by atoms with Gasteiger partial charge in [-0.2, -0.15) is 10.1 Å². The van der Waals surface area contributed by atoms with Gasteiger partial charge in [0.05, 0.1) is 18.8 Å². The Balaban J connectivity index is 1.49. The molecule has 1 unspecified atom stereocenters. The van der Waals surface area contributed by atoms with Gasteiger partial charge in [-0.1, -0.05) is 5.16 Å². The van der Waals surface area contributed by atoms with E-state index in [0.717, 1.165) is 25.1 Å². The van der Waals surface area contributed by atoms with Crippen LogP contribution in [0.25, 0.3) is 0 Å². The van der Waals surface area contributed by atoms with Crippen molar-refractivity contribution >= 4 is 0 Å². The molecule has 1 saturated heterocycles. The quantitative estimate of drug-likeness (QED) is 0.825. The van der Waals surface area contributed by atoms with Gasteiger partial charge in [-0.15, -0.1) is 0 Å². The molecule has 7 nitrogen and oxygen atoms in total. The van der Waals surface area contributed by atoms with Crippen molar-refractivity contribution in [3.05, 3.63) is 40.4 Å². The lowest BCUT2D eigenvalue weighted by Crippen LogP contribution is -2.37. The number of hydrogen-bond acceptors (Lipinski definition) is 6. The zero-order valence-corrected chi connectivity index (χ0v) is 12.4. The Morgan fingerprint density at radius 2 is 2.18 bits per heavy atom. The maximum Gasteiger partial charge on any atom is 0.266 e. The highest BCUT2D eigenvalue weighted by Crippen LogP contribution is 2.38. The van der Waals surface area contributed by atoms with E-state index in [4.69, 9.17) is 4.52 Å². The first-order valence-electron chi connectivity index (χ1n) is 7.87. The van der Waals surface area contributed by atoms with Crippen molar-refractivity contribution in [2.45, 2.75) is 50.7 Å². The summed E-state index contributed by atoms with van der Waals surface area (Å²) in [6, 6.07) is 3.83. The lowest BCUT2D eigenvalue weighted by molar-refractivity contribution is 0.209. The van der Waals surface area contributed by atoms with E-state index in [9.17, 15) is 4.79 Å². The third-order valence-corrected chi connectivity index (χ3v) is 4.52. The first-order valence-corrected chi connectivity index (χ1v) is 7.87. The summed E-state index contributed by atoms with van der Waals surface area (Å²) in [7, 11) is 0. The fraction of sp³-hybridized carbons (Fsp3) is 0.600. The summed E-state index contributed by atoms with van der Waals surface area (Å²) in [5.74, 6) is 1.25. The van der Waals surface area contributed by atoms with Crippen molar-refractivity contribution in [2.24, 2.45) is 0 Å². The third-order valence-electron chi connectivity index (χ3n) is 4.52. The van der Waals surface area contributed by atoms with E-state index in [0.29, 0.717) is 30.9 Å². The Morgan fingerprint density at radius 1 is 1.27 bits per heavy atom. The molecule has 0 spiro atoms. The van der Waals surface area contributed by atoms with Gasteiger partial charge in [-0.25, -0.2) is 4.68 Å². The molecule has 0 aromatic carbocycles. The Morgan fingerprint density at radius 3 is 2.95 bits per heavy atom. The first kappa shape index (κ1) is 13.6. The van der Waals surface area contributed by atoms with Crippen molar-refractivity contribution in [3.8, 4) is 0 Å². The van der Waals surface area contributed by atoms with Crippen LogP contribution < -0.4 is 5.56 Å². The van der Waals surface area contributed by atoms with E-state index in [1.165, 1.54) is 19.2 Å². The maximum absolute atomic E-state index is 12.1. The molecule has 0 amide bonds. The van der Waals surface area contributed by atoms with Crippen LogP contribution in [-0.2, 0) is 13.1 Å². The third kappa shape index (κ3) is 2.81. The molecule has 3 heterocycles. The predicted octanol–water partition coefficient (Wildman–Crippen LogP) is 1.17. The molecule has 7 heteroatoms. The van der Waals surface area contributed by atoms with Gasteiger partial charge in [0, 0.05) is 18.0 Å². The lowest BCUT2D eigenvalue weighted by Gasteiger charge is -2.23. The predicted molar refractivity (Wildman–Crippen MR) is 78.2 cm³/mol. The van der Waals surface area contributed by atoms with Crippen LogP contribution >= 0.6 is 0 Å². The summed E-state index contributed by atoms with van der Waals surface area (Å²) in [6.45, 7) is 2.30. The minimum absolute atomic E-state index is 0.0178. The van der Waals surface area contributed by atoms with Crippen LogP contribution in [0.5, 0.6) is 0 Å². The normalized spacial score (nSPS) is 22.3. The molecule has 2 aromatic rings. The molecule has 1 saturated carbocycles. The average Bonchev–Trinajstić information content (AvgIpc) is 3.08. The van der Waals surface area contributed by atoms with Gasteiger partial charge in [0.25, 0.3) is 5.56 Å². The molecule has 0 radical (unpaired) electrons. The summed E-state index contributed by atoms with van der Waals surface area (Å²) < 4.78 is 6.42. The monoisotopic (exact) mass is 301 g/mol. The SMILES string of the molecule is O=c1ccc(C2CC2)nn1CC1CCCN1Cc1ncon1. The second-order valence-electron chi connectivity index (χ2n) is 6.17. The zero-order chi connectivity index (χ0) is 14.9. The van der Waals surface area contributed by atoms with Crippen LogP contribution in [-0.4, -0.2) is 37.4 Å². The van der Waals surface area contributed by atoms with Crippen LogP contribution in [0.3, 0.4) is 0 Å². The molecule has 0 bridgehead atoms. The average molecular weight is 301 g/mol. The number of rotatable bonds is 5. The molecule has 2 fully saturated rings. The van der Waals surface area contributed by atoms with Gasteiger partial charge < -0.3 is 4.52 Å². The molecular formula is C15H19N5O2. The van der Waals surface area contributed by atoms with Crippen molar-refractivity contribution in [1.82, 2.24) is 24.8 Å². The number of hydrogen-bond donors (Lipinski definition) is 0. The first-order chi connectivity index (χ1) is 10.8. The molecule has 4 rings (SSSR count). The number of likely N-dealkylation sites (tertiary alicyclic amines) is 1. The molecule has 116 valence electrons. The molecular weight excluding hydrogens is 282 g/mol. The van der Waals surface area contributed by atoms with Crippen LogP contribution in [0.4, 0.5) is 0 Å². The highest BCUT2D eigenvalue weighted by molar-refractivity contribution is 5.12. The highest BCUT2D eigenvalue weighted by Gasteiger charge is 2.28. The highest BCUT2D eigenvalue weighted by atomic mass is 16.5. The van der Waals surface area contributed by atoms with E-state index < -0.39 is 0 Å². The van der Waals surface area contributed by atoms with Crippen LogP contribution in [0.2, 0.25) is 0 Å². The van der Waals surface area contributed by atoms with Gasteiger partial charge in [0.15, 0.2) is 5.82 Å². The summed E-state index contributed by atoms with van der Waals surface area (Å²) in [5.41, 5.74) is 1.04. The Hall–Kier alpha value is -2.02. The van der Waals surface area contributed by atoms with E-state index in [1.54, 1.807) is 10.7 Å². The molecule has 1 atom stereocenters. The molecule has 2 aliphatic rings. The van der Waals surface area contributed by atoms with Gasteiger partial charge in [0.1, 0.15) is 0 Å². The molecule has 1 aliphatic heterocycles. The summed E-state index contributed by atoms with van der Waals surface area (Å²) >= 11 is 0. The van der Waals surface area contributed by atoms with Crippen LogP contribution in [0.15, 0.2) is 27.8 Å². The molecule has 0 N–H and O–H groups in total. The largest absolute Gasteiger partial charge is 0.343 e. The Bertz CT molecular complexity index is 692. The minimum atomic E-state index is -0.0178.